The van der Waals surface area contributed by atoms with E-state index in [-0.39, 0.29) is 53.8 Å². The summed E-state index contributed by atoms with van der Waals surface area (Å²) in [6, 6.07) is 9.55. The van der Waals surface area contributed by atoms with E-state index in [0.29, 0.717) is 61.3 Å². The van der Waals surface area contributed by atoms with E-state index in [1.807, 2.05) is 6.07 Å². The summed E-state index contributed by atoms with van der Waals surface area (Å²) < 4.78 is 66.0. The Morgan fingerprint density at radius 1 is 1.23 bits per heavy atom. The third-order valence-electron chi connectivity index (χ3n) is 7.58. The number of benzene rings is 1. The molecule has 0 saturated carbocycles. The molecule has 17 heteroatoms. The quantitative estimate of drug-likeness (QED) is 0.245. The van der Waals surface area contributed by atoms with Gasteiger partial charge in [-0.2, -0.15) is 9.57 Å². The van der Waals surface area contributed by atoms with Crippen LogP contribution in [0, 0.1) is 11.3 Å². The predicted octanol–water partition coefficient (Wildman–Crippen LogP) is 1.53. The largest absolute Gasteiger partial charge is 0.491 e. The van der Waals surface area contributed by atoms with Gasteiger partial charge < -0.3 is 24.9 Å². The Morgan fingerprint density at radius 2 is 1.98 bits per heavy atom. The number of aromatic amines is 1. The van der Waals surface area contributed by atoms with Gasteiger partial charge >= 0.3 is 0 Å². The highest BCUT2D eigenvalue weighted by atomic mass is 35.5. The van der Waals surface area contributed by atoms with Crippen molar-refractivity contribution in [3.63, 3.8) is 0 Å². The van der Waals surface area contributed by atoms with Crippen LogP contribution in [0.5, 0.6) is 5.75 Å². The molecule has 2 aromatic heterocycles. The first-order chi connectivity index (χ1) is 19.5. The fourth-order valence-corrected chi connectivity index (χ4v) is 7.41. The van der Waals surface area contributed by atoms with Gasteiger partial charge in [0.1, 0.15) is 35.1 Å². The average molecular weight is 678 g/mol. The molecule has 0 bridgehead atoms. The molecule has 2 saturated heterocycles. The first kappa shape index (κ1) is 35.0. The Bertz CT molecular complexity index is 1670. The molecule has 5 rings (SSSR count). The minimum atomic E-state index is -3.79. The van der Waals surface area contributed by atoms with Crippen molar-refractivity contribution in [2.75, 3.05) is 39.9 Å². The molecular weight excluding hydrogens is 643 g/mol. The van der Waals surface area contributed by atoms with Crippen LogP contribution in [-0.2, 0) is 24.8 Å². The van der Waals surface area contributed by atoms with Crippen molar-refractivity contribution < 1.29 is 31.4 Å². The zero-order valence-corrected chi connectivity index (χ0v) is 26.5. The number of pyridine rings is 1. The Morgan fingerprint density at radius 3 is 2.67 bits per heavy atom. The molecule has 4 heterocycles. The number of piperidine rings is 1. The van der Waals surface area contributed by atoms with E-state index < -0.39 is 31.8 Å². The number of sulfonamides is 2. The molecule has 13 nitrogen and oxygen atoms in total. The third-order valence-corrected chi connectivity index (χ3v) is 10.9. The molecule has 2 fully saturated rings. The Balaban J connectivity index is 0.00000253. The minimum Gasteiger partial charge on any atom is -0.491 e. The van der Waals surface area contributed by atoms with E-state index in [4.69, 9.17) is 9.47 Å². The van der Waals surface area contributed by atoms with Crippen LogP contribution in [0.25, 0.3) is 11.0 Å². The van der Waals surface area contributed by atoms with Gasteiger partial charge in [-0.15, -0.1) is 24.8 Å². The number of rotatable bonds is 10. The highest BCUT2D eigenvalue weighted by molar-refractivity contribution is 7.89. The van der Waals surface area contributed by atoms with E-state index in [2.05, 4.69) is 20.0 Å². The monoisotopic (exact) mass is 676 g/mol. The molecule has 1 unspecified atom stereocenters. The predicted molar refractivity (Wildman–Crippen MR) is 163 cm³/mol. The summed E-state index contributed by atoms with van der Waals surface area (Å²) in [7, 11) is -6.06. The highest BCUT2D eigenvalue weighted by Gasteiger charge is 2.44. The van der Waals surface area contributed by atoms with Gasteiger partial charge in [-0.1, -0.05) is 6.07 Å². The number of hydrogen-bond acceptors (Lipinski definition) is 10. The summed E-state index contributed by atoms with van der Waals surface area (Å²) in [6.07, 6.45) is 3.72. The van der Waals surface area contributed by atoms with Gasteiger partial charge in [0, 0.05) is 49.5 Å². The van der Waals surface area contributed by atoms with Crippen molar-refractivity contribution in [1.29, 1.82) is 5.26 Å². The fourth-order valence-electron chi connectivity index (χ4n) is 5.23. The number of aromatic nitrogens is 2. The van der Waals surface area contributed by atoms with E-state index in [9.17, 15) is 27.2 Å². The molecule has 0 amide bonds. The number of aliphatic hydroxyl groups excluding tert-OH is 1. The summed E-state index contributed by atoms with van der Waals surface area (Å²) in [6.45, 7) is 1.25. The summed E-state index contributed by atoms with van der Waals surface area (Å²) >= 11 is 0. The Kier molecular flexibility index (Phi) is 11.4. The number of nitrogens with zero attached hydrogens (tertiary/aromatic N) is 3. The van der Waals surface area contributed by atoms with Crippen LogP contribution in [-0.4, -0.2) is 93.9 Å². The van der Waals surface area contributed by atoms with Crippen LogP contribution in [0.15, 0.2) is 52.5 Å². The fraction of sp³-hybridized carbons (Fsp3) is 0.462. The third kappa shape index (κ3) is 7.59. The first-order valence-electron chi connectivity index (χ1n) is 13.1. The molecule has 2 aliphatic heterocycles. The lowest BCUT2D eigenvalue weighted by atomic mass is 9.88. The van der Waals surface area contributed by atoms with Gasteiger partial charge in [-0.05, 0) is 44.5 Å². The van der Waals surface area contributed by atoms with E-state index >= 15 is 0 Å². The molecule has 0 aliphatic carbocycles. The van der Waals surface area contributed by atoms with E-state index in [1.165, 1.54) is 41.9 Å². The maximum absolute atomic E-state index is 13.3. The second kappa shape index (κ2) is 14.1. The molecule has 4 N–H and O–H groups in total. The number of hydrogen-bond donors (Lipinski definition) is 4. The topological polar surface area (TPSA) is 187 Å². The molecule has 1 aromatic carbocycles. The zero-order chi connectivity index (χ0) is 29.3. The van der Waals surface area contributed by atoms with Gasteiger partial charge in [0.05, 0.1) is 22.7 Å². The summed E-state index contributed by atoms with van der Waals surface area (Å²) in [5.74, 6) is 0.333. The molecular formula is C26H34Cl2N6O7S2. The highest BCUT2D eigenvalue weighted by Crippen LogP contribution is 2.37. The van der Waals surface area contributed by atoms with Crippen molar-refractivity contribution in [2.24, 2.45) is 0 Å². The smallest absolute Gasteiger partial charge is 0.244 e. The number of ether oxygens (including phenoxy) is 2. The maximum atomic E-state index is 13.3. The summed E-state index contributed by atoms with van der Waals surface area (Å²) in [5, 5.41) is 23.4. The Hall–Kier alpha value is -2.52. The molecule has 2 aliphatic rings. The van der Waals surface area contributed by atoms with Crippen molar-refractivity contribution in [2.45, 2.75) is 46.8 Å². The van der Waals surface area contributed by atoms with Gasteiger partial charge in [0.15, 0.2) is 0 Å². The number of aliphatic hydroxyl groups is 1. The molecule has 2 atom stereocenters. The summed E-state index contributed by atoms with van der Waals surface area (Å²) in [4.78, 5) is 7.16. The first-order valence-corrected chi connectivity index (χ1v) is 16.1. The van der Waals surface area contributed by atoms with E-state index in [1.54, 1.807) is 12.1 Å². The van der Waals surface area contributed by atoms with E-state index in [0.717, 1.165) is 0 Å². The number of fused-ring (bicyclic) bond motifs is 1. The molecule has 236 valence electrons. The van der Waals surface area contributed by atoms with Crippen LogP contribution in [0.1, 0.15) is 24.8 Å². The van der Waals surface area contributed by atoms with Crippen molar-refractivity contribution in [1.82, 2.24) is 24.3 Å². The Labute approximate surface area is 262 Å². The molecule has 43 heavy (non-hydrogen) atoms. The number of H-pyrrole nitrogens is 1. The van der Waals surface area contributed by atoms with Gasteiger partial charge in [0.25, 0.3) is 0 Å². The second-order valence-electron chi connectivity index (χ2n) is 10.2. The normalized spacial score (nSPS) is 19.3. The second-order valence-corrected chi connectivity index (χ2v) is 14.1. The molecule has 3 aromatic rings. The number of nitriles is 1. The van der Waals surface area contributed by atoms with Crippen molar-refractivity contribution in [3.8, 4) is 11.8 Å². The van der Waals surface area contributed by atoms with Crippen molar-refractivity contribution >= 4 is 55.9 Å². The van der Waals surface area contributed by atoms with Crippen molar-refractivity contribution in [3.05, 3.63) is 48.3 Å². The lowest BCUT2D eigenvalue weighted by molar-refractivity contribution is -0.0312. The van der Waals surface area contributed by atoms with Crippen LogP contribution in [0.2, 0.25) is 0 Å². The SMILES string of the molecule is CNS(=O)(=O)c1cccc(OCC(O)CN[C@H]2COC3(CCN(S(=O)(=O)c4cnc5[nH]cc(C#N)c5c4)CC3)C2)c1.Cl.Cl. The lowest BCUT2D eigenvalue weighted by Gasteiger charge is -2.38. The van der Waals surface area contributed by atoms with Gasteiger partial charge in [-0.3, -0.25) is 0 Å². The zero-order valence-electron chi connectivity index (χ0n) is 23.2. The van der Waals surface area contributed by atoms with Crippen LogP contribution in [0.4, 0.5) is 0 Å². The number of halogens is 2. The minimum absolute atomic E-state index is 0. The van der Waals surface area contributed by atoms with Gasteiger partial charge in [-0.25, -0.2) is 26.5 Å². The lowest BCUT2D eigenvalue weighted by Crippen LogP contribution is -2.47. The molecule has 0 radical (unpaired) electrons. The van der Waals surface area contributed by atoms with Crippen LogP contribution < -0.4 is 14.8 Å². The molecule has 1 spiro atoms. The van der Waals surface area contributed by atoms with Gasteiger partial charge in [0.2, 0.25) is 20.0 Å². The summed E-state index contributed by atoms with van der Waals surface area (Å²) in [5.41, 5.74) is 0.356. The maximum Gasteiger partial charge on any atom is 0.244 e. The van der Waals surface area contributed by atoms with Crippen LogP contribution in [0.3, 0.4) is 0 Å². The standard InChI is InChI=1S/C26H32N6O7S2.2ClH/c1-28-40(34,35)22-4-2-3-21(9-22)38-17-20(33)14-29-19-11-26(39-16-19)5-7-32(8-6-26)41(36,37)23-10-24-18(12-27)13-30-25(24)31-15-23;;/h2-4,9-10,13,15,19-20,28-29,33H,5-8,11,14,16-17H2,1H3,(H,30,31);2*1H/t19-,20?;;/m1../s1. The average Bonchev–Trinajstić information content (AvgIpc) is 3.58. The van der Waals surface area contributed by atoms with Crippen LogP contribution >= 0.6 is 24.8 Å². The number of nitrogens with one attached hydrogen (secondary N) is 3.